The van der Waals surface area contributed by atoms with Gasteiger partial charge in [-0.2, -0.15) is 13.0 Å². The maximum absolute atomic E-state index is 14.0. The van der Waals surface area contributed by atoms with Gasteiger partial charge in [-0.15, -0.1) is 0 Å². The molecule has 0 fully saturated rings. The molecule has 0 spiro atoms. The Morgan fingerprint density at radius 2 is 1.64 bits per heavy atom. The number of nitrogens with one attached hydrogen (secondary N) is 3. The molecule has 47 heavy (non-hydrogen) atoms. The molecule has 2 aliphatic heterocycles. The van der Waals surface area contributed by atoms with E-state index >= 15 is 0 Å². The smallest absolute Gasteiger partial charge is 0.303 e. The van der Waals surface area contributed by atoms with E-state index in [1.54, 1.807) is 12.2 Å². The number of nitrogens with zero attached hydrogens (tertiary/aromatic N) is 1. The number of Topliss-reactive ketones (excluding diaryl/α,β-unsaturated/α-hetero) is 1. The third-order valence-corrected chi connectivity index (χ3v) is 9.96. The highest BCUT2D eigenvalue weighted by atomic mass is 32.2. The van der Waals surface area contributed by atoms with Crippen LogP contribution in [0.25, 0.3) is 0 Å². The lowest BCUT2D eigenvalue weighted by molar-refractivity contribution is -0.401. The number of aliphatic carboxylic acids is 1. The molecule has 1 aliphatic carbocycles. The maximum atomic E-state index is 14.0. The Kier molecular flexibility index (Phi) is 9.04. The van der Waals surface area contributed by atoms with Gasteiger partial charge in [-0.1, -0.05) is 50.2 Å². The number of carboxylic acids is 1. The van der Waals surface area contributed by atoms with Gasteiger partial charge in [0.15, 0.2) is 11.5 Å². The summed E-state index contributed by atoms with van der Waals surface area (Å²) >= 11 is 0. The van der Waals surface area contributed by atoms with Crippen LogP contribution in [0.4, 0.5) is 11.4 Å². The number of carboxylic acid groups (broad SMARTS) is 1. The molecule has 1 atom stereocenters. The Bertz CT molecular complexity index is 1900. The number of fused-ring (bicyclic) bond motifs is 2. The first-order chi connectivity index (χ1) is 22.0. The van der Waals surface area contributed by atoms with Crippen LogP contribution in [0.2, 0.25) is 0 Å². The number of carbonyl (C=O) groups is 3. The van der Waals surface area contributed by atoms with E-state index < -0.39 is 44.6 Å². The van der Waals surface area contributed by atoms with Crippen molar-refractivity contribution in [1.29, 1.82) is 0 Å². The fourth-order valence-corrected chi connectivity index (χ4v) is 7.19. The molecule has 1 amide bonds. The molecule has 5 rings (SSSR count). The predicted octanol–water partition coefficient (Wildman–Crippen LogP) is 3.96. The van der Waals surface area contributed by atoms with Gasteiger partial charge in [0.25, 0.3) is 10.1 Å². The third kappa shape index (κ3) is 6.66. The van der Waals surface area contributed by atoms with Crippen molar-refractivity contribution in [3.63, 3.8) is 0 Å². The summed E-state index contributed by atoms with van der Waals surface area (Å²) in [5.41, 5.74) is 5.55. The summed E-state index contributed by atoms with van der Waals surface area (Å²) in [6.07, 6.45) is 4.14. The van der Waals surface area contributed by atoms with Crippen molar-refractivity contribution in [3.8, 4) is 0 Å². The van der Waals surface area contributed by atoms with Crippen LogP contribution in [-0.2, 0) is 35.3 Å². The highest BCUT2D eigenvalue weighted by Crippen LogP contribution is 2.45. The number of amides is 1. The lowest BCUT2D eigenvalue weighted by Crippen LogP contribution is -2.50. The van der Waals surface area contributed by atoms with E-state index in [4.69, 9.17) is 5.11 Å². The highest BCUT2D eigenvalue weighted by molar-refractivity contribution is 7.85. The van der Waals surface area contributed by atoms with Gasteiger partial charge in [0.1, 0.15) is 18.8 Å². The van der Waals surface area contributed by atoms with E-state index in [9.17, 15) is 27.4 Å². The quantitative estimate of drug-likeness (QED) is 0.0980. The molecule has 1 unspecified atom stereocenters. The van der Waals surface area contributed by atoms with Gasteiger partial charge in [-0.3, -0.25) is 18.9 Å². The van der Waals surface area contributed by atoms with Gasteiger partial charge in [-0.05, 0) is 44.4 Å². The predicted molar refractivity (Wildman–Crippen MR) is 179 cm³/mol. The third-order valence-electron chi connectivity index (χ3n) is 9.21. The Morgan fingerprint density at radius 1 is 0.979 bits per heavy atom. The lowest BCUT2D eigenvalue weighted by Gasteiger charge is -2.30. The van der Waals surface area contributed by atoms with Crippen molar-refractivity contribution in [3.05, 3.63) is 94.4 Å². The minimum absolute atomic E-state index is 0.0640. The SMILES string of the molecule is C[N+]1=C(C=C2C(=O)C(C=C3Nc4ccccc4C3(C)C)=C2NC(CS(=O)(=O)O)C(=O)NCCCCC(=O)O)C(C)(C)c2ccccc21. The van der Waals surface area contributed by atoms with E-state index in [0.29, 0.717) is 18.5 Å². The molecular formula is C35H41N4O7S+. The van der Waals surface area contributed by atoms with Crippen LogP contribution in [0.5, 0.6) is 0 Å². The lowest BCUT2D eigenvalue weighted by atomic mass is 9.77. The summed E-state index contributed by atoms with van der Waals surface area (Å²) in [7, 11) is -2.70. The van der Waals surface area contributed by atoms with Crippen LogP contribution in [0.15, 0.2) is 83.2 Å². The van der Waals surface area contributed by atoms with E-state index in [0.717, 1.165) is 33.9 Å². The number of para-hydroxylation sites is 2. The summed E-state index contributed by atoms with van der Waals surface area (Å²) in [4.78, 5) is 38.1. The van der Waals surface area contributed by atoms with Crippen LogP contribution in [0, 0.1) is 0 Å². The number of allylic oxidation sites excluding steroid dienone is 5. The number of hydrogen-bond acceptors (Lipinski definition) is 7. The number of rotatable bonds is 12. The van der Waals surface area contributed by atoms with Crippen LogP contribution in [0.3, 0.4) is 0 Å². The average Bonchev–Trinajstić information content (AvgIpc) is 3.37. The van der Waals surface area contributed by atoms with Crippen molar-refractivity contribution < 1.29 is 37.0 Å². The molecule has 0 bridgehead atoms. The molecule has 5 N–H and O–H groups in total. The van der Waals surface area contributed by atoms with E-state index in [1.807, 2.05) is 74.0 Å². The molecule has 248 valence electrons. The summed E-state index contributed by atoms with van der Waals surface area (Å²) in [5.74, 6) is -2.88. The van der Waals surface area contributed by atoms with Gasteiger partial charge in [0.2, 0.25) is 11.6 Å². The Morgan fingerprint density at radius 3 is 2.28 bits per heavy atom. The topological polar surface area (TPSA) is 165 Å². The molecule has 2 heterocycles. The van der Waals surface area contributed by atoms with Gasteiger partial charge < -0.3 is 21.1 Å². The zero-order valence-electron chi connectivity index (χ0n) is 27.2. The summed E-state index contributed by atoms with van der Waals surface area (Å²) in [6, 6.07) is 14.3. The number of benzene rings is 2. The molecule has 2 aromatic rings. The standard InChI is InChI=1S/C35H40N4O7S/c1-34(2)23-12-6-8-14-25(23)37-28(34)18-21-31(38-26(20-47(44,45)46)33(43)36-17-11-10-16-30(40)41)22(32(21)42)19-29-35(3,4)24-13-7-9-15-27(24)39(29)5/h6-9,12-15,18-19,26H,10-11,16-17,20H2,1-5H3,(H4,36,38,40,41,42,43,44,45,46)/p+1. The van der Waals surface area contributed by atoms with Crippen molar-refractivity contribution in [2.24, 2.45) is 0 Å². The molecule has 3 aliphatic rings. The van der Waals surface area contributed by atoms with E-state index in [-0.39, 0.29) is 29.9 Å². The molecule has 0 radical (unpaired) electrons. The Hall–Kier alpha value is -4.55. The monoisotopic (exact) mass is 661 g/mol. The average molecular weight is 662 g/mol. The molecule has 11 nitrogen and oxygen atoms in total. The molecule has 0 saturated carbocycles. The van der Waals surface area contributed by atoms with Crippen molar-refractivity contribution in [2.75, 3.05) is 24.7 Å². The van der Waals surface area contributed by atoms with Crippen molar-refractivity contribution in [2.45, 2.75) is 63.8 Å². The normalized spacial score (nSPS) is 20.1. The second-order valence-electron chi connectivity index (χ2n) is 13.2. The van der Waals surface area contributed by atoms with Gasteiger partial charge >= 0.3 is 5.97 Å². The van der Waals surface area contributed by atoms with E-state index in [2.05, 4.69) is 29.8 Å². The van der Waals surface area contributed by atoms with Crippen molar-refractivity contribution >= 4 is 44.9 Å². The first kappa shape index (κ1) is 33.8. The molecular weight excluding hydrogens is 620 g/mol. The van der Waals surface area contributed by atoms with Crippen LogP contribution in [0.1, 0.15) is 58.1 Å². The molecule has 2 aromatic carbocycles. The Labute approximate surface area is 274 Å². The Balaban J connectivity index is 1.56. The number of ketones is 1. The van der Waals surface area contributed by atoms with E-state index in [1.165, 1.54) is 0 Å². The number of carbonyl (C=O) groups excluding carboxylic acids is 2. The van der Waals surface area contributed by atoms with Crippen LogP contribution in [-0.4, -0.2) is 71.4 Å². The number of hydrogen-bond donors (Lipinski definition) is 5. The number of unbranched alkanes of at least 4 members (excludes halogenated alkanes) is 1. The maximum Gasteiger partial charge on any atom is 0.303 e. The first-order valence-corrected chi connectivity index (χ1v) is 17.1. The van der Waals surface area contributed by atoms with Crippen LogP contribution >= 0.6 is 0 Å². The fourth-order valence-electron chi connectivity index (χ4n) is 6.53. The summed E-state index contributed by atoms with van der Waals surface area (Å²) in [5, 5.41) is 17.9. The largest absolute Gasteiger partial charge is 0.481 e. The zero-order chi connectivity index (χ0) is 34.3. The summed E-state index contributed by atoms with van der Waals surface area (Å²) < 4.78 is 35.9. The molecule has 0 aromatic heterocycles. The minimum atomic E-state index is -4.63. The fraction of sp³-hybridized carbons (Fsp3) is 0.371. The van der Waals surface area contributed by atoms with Gasteiger partial charge in [0, 0.05) is 53.0 Å². The molecule has 12 heteroatoms. The van der Waals surface area contributed by atoms with Crippen LogP contribution < -0.4 is 16.0 Å². The first-order valence-electron chi connectivity index (χ1n) is 15.5. The van der Waals surface area contributed by atoms with Crippen molar-refractivity contribution in [1.82, 2.24) is 10.6 Å². The van der Waals surface area contributed by atoms with Gasteiger partial charge in [0.05, 0.1) is 16.7 Å². The summed E-state index contributed by atoms with van der Waals surface area (Å²) in [6.45, 7) is 8.30. The molecule has 0 saturated heterocycles. The highest BCUT2D eigenvalue weighted by Gasteiger charge is 2.46. The van der Waals surface area contributed by atoms with Gasteiger partial charge in [-0.25, -0.2) is 0 Å². The second kappa shape index (κ2) is 12.6. The number of anilines is 1. The second-order valence-corrected chi connectivity index (χ2v) is 14.7. The zero-order valence-corrected chi connectivity index (χ0v) is 28.0. The minimum Gasteiger partial charge on any atom is -0.481 e.